The number of rotatable bonds is 4. The van der Waals surface area contributed by atoms with E-state index in [1.54, 1.807) is 0 Å². The number of aromatic nitrogens is 2. The average molecular weight is 262 g/mol. The van der Waals surface area contributed by atoms with Gasteiger partial charge in [0.15, 0.2) is 0 Å². The summed E-state index contributed by atoms with van der Waals surface area (Å²) in [6, 6.07) is 0. The van der Waals surface area contributed by atoms with Crippen molar-refractivity contribution in [2.75, 3.05) is 20.6 Å². The van der Waals surface area contributed by atoms with Gasteiger partial charge >= 0.3 is 0 Å². The Morgan fingerprint density at radius 3 is 2.64 bits per heavy atom. The van der Waals surface area contributed by atoms with Gasteiger partial charge in [-0.3, -0.25) is 4.68 Å². The number of halogens is 1. The molecule has 0 radical (unpaired) electrons. The maximum absolute atomic E-state index is 9.17. The molecule has 0 saturated heterocycles. The van der Waals surface area contributed by atoms with Crippen LogP contribution in [0.2, 0.25) is 0 Å². The van der Waals surface area contributed by atoms with E-state index in [2.05, 4.69) is 25.9 Å². The Kier molecular flexibility index (Phi) is 4.10. The van der Waals surface area contributed by atoms with E-state index in [9.17, 15) is 5.11 Å². The lowest BCUT2D eigenvalue weighted by molar-refractivity contribution is 0.263. The molecule has 0 atom stereocenters. The summed E-state index contributed by atoms with van der Waals surface area (Å²) < 4.78 is 2.76. The predicted molar refractivity (Wildman–Crippen MR) is 59.1 cm³/mol. The van der Waals surface area contributed by atoms with Gasteiger partial charge in [-0.05, 0) is 36.9 Å². The second kappa shape index (κ2) is 4.91. The maximum Gasteiger partial charge on any atom is 0.0861 e. The number of likely N-dealkylation sites (N-methyl/N-ethyl adjacent to an activating group) is 1. The van der Waals surface area contributed by atoms with Gasteiger partial charge in [0.25, 0.3) is 0 Å². The first-order chi connectivity index (χ1) is 6.56. The van der Waals surface area contributed by atoms with Gasteiger partial charge in [-0.1, -0.05) is 0 Å². The summed E-state index contributed by atoms with van der Waals surface area (Å²) in [5.74, 6) is 0. The van der Waals surface area contributed by atoms with Gasteiger partial charge in [-0.25, -0.2) is 0 Å². The van der Waals surface area contributed by atoms with Crippen molar-refractivity contribution in [1.29, 1.82) is 0 Å². The van der Waals surface area contributed by atoms with E-state index in [4.69, 9.17) is 0 Å². The van der Waals surface area contributed by atoms with Crippen molar-refractivity contribution in [3.8, 4) is 0 Å². The largest absolute Gasteiger partial charge is 0.390 e. The van der Waals surface area contributed by atoms with Crippen LogP contribution in [-0.2, 0) is 13.2 Å². The quantitative estimate of drug-likeness (QED) is 0.880. The van der Waals surface area contributed by atoms with E-state index in [1.807, 2.05) is 25.7 Å². The summed E-state index contributed by atoms with van der Waals surface area (Å²) in [5, 5.41) is 13.5. The van der Waals surface area contributed by atoms with E-state index in [0.717, 1.165) is 29.0 Å². The standard InChI is InChI=1S/C9H16BrN3O/c1-7-9(10)8(6-14)13(11-7)5-4-12(2)3/h14H,4-6H2,1-3H3. The Balaban J connectivity index is 2.80. The molecule has 4 nitrogen and oxygen atoms in total. The number of aliphatic hydroxyl groups is 1. The summed E-state index contributed by atoms with van der Waals surface area (Å²) in [5.41, 5.74) is 1.78. The fourth-order valence-electron chi connectivity index (χ4n) is 1.24. The number of hydrogen-bond acceptors (Lipinski definition) is 3. The zero-order chi connectivity index (χ0) is 10.7. The number of nitrogens with zero attached hydrogens (tertiary/aromatic N) is 3. The zero-order valence-corrected chi connectivity index (χ0v) is 10.4. The van der Waals surface area contributed by atoms with Crippen LogP contribution in [-0.4, -0.2) is 40.4 Å². The first-order valence-corrected chi connectivity index (χ1v) is 5.33. The molecule has 0 aliphatic rings. The molecule has 0 bridgehead atoms. The Morgan fingerprint density at radius 1 is 1.50 bits per heavy atom. The van der Waals surface area contributed by atoms with Gasteiger partial charge in [0.1, 0.15) is 0 Å². The molecule has 80 valence electrons. The third-order valence-corrected chi connectivity index (χ3v) is 3.09. The van der Waals surface area contributed by atoms with Gasteiger partial charge < -0.3 is 10.0 Å². The lowest BCUT2D eigenvalue weighted by atomic mass is 10.4. The highest BCUT2D eigenvalue weighted by Crippen LogP contribution is 2.20. The van der Waals surface area contributed by atoms with Crippen molar-refractivity contribution in [3.63, 3.8) is 0 Å². The number of aryl methyl sites for hydroxylation is 1. The number of hydrogen-bond donors (Lipinski definition) is 1. The van der Waals surface area contributed by atoms with Crippen molar-refractivity contribution in [2.24, 2.45) is 0 Å². The van der Waals surface area contributed by atoms with E-state index in [1.165, 1.54) is 0 Å². The lowest BCUT2D eigenvalue weighted by Crippen LogP contribution is -2.20. The van der Waals surface area contributed by atoms with E-state index in [-0.39, 0.29) is 6.61 Å². The molecule has 0 amide bonds. The van der Waals surface area contributed by atoms with Crippen LogP contribution >= 0.6 is 15.9 Å². The first-order valence-electron chi connectivity index (χ1n) is 4.53. The molecule has 0 aliphatic carbocycles. The van der Waals surface area contributed by atoms with Gasteiger partial charge in [-0.2, -0.15) is 5.10 Å². The molecule has 14 heavy (non-hydrogen) atoms. The van der Waals surface area contributed by atoms with Gasteiger partial charge in [0.05, 0.1) is 29.0 Å². The minimum absolute atomic E-state index is 0.0227. The zero-order valence-electron chi connectivity index (χ0n) is 8.79. The third kappa shape index (κ3) is 2.56. The topological polar surface area (TPSA) is 41.3 Å². The average Bonchev–Trinajstić information content (AvgIpc) is 2.39. The molecule has 0 aromatic carbocycles. The van der Waals surface area contributed by atoms with Gasteiger partial charge in [0.2, 0.25) is 0 Å². The highest BCUT2D eigenvalue weighted by molar-refractivity contribution is 9.10. The fourth-order valence-corrected chi connectivity index (χ4v) is 1.65. The molecule has 1 heterocycles. The van der Waals surface area contributed by atoms with Crippen molar-refractivity contribution in [2.45, 2.75) is 20.1 Å². The van der Waals surface area contributed by atoms with Crippen LogP contribution in [0.25, 0.3) is 0 Å². The first kappa shape index (κ1) is 11.7. The maximum atomic E-state index is 9.17. The number of aliphatic hydroxyl groups excluding tert-OH is 1. The molecule has 5 heteroatoms. The van der Waals surface area contributed by atoms with Crippen LogP contribution < -0.4 is 0 Å². The lowest BCUT2D eigenvalue weighted by Gasteiger charge is -2.10. The van der Waals surface area contributed by atoms with Crippen LogP contribution in [0.15, 0.2) is 4.47 Å². The predicted octanol–water partition coefficient (Wildman–Crippen LogP) is 1.01. The summed E-state index contributed by atoms with van der Waals surface area (Å²) in [4.78, 5) is 2.09. The van der Waals surface area contributed by atoms with Crippen LogP contribution in [0.4, 0.5) is 0 Å². The summed E-state index contributed by atoms with van der Waals surface area (Å²) in [6.07, 6.45) is 0. The van der Waals surface area contributed by atoms with E-state index in [0.29, 0.717) is 0 Å². The minimum atomic E-state index is 0.0227. The van der Waals surface area contributed by atoms with E-state index >= 15 is 0 Å². The molecular formula is C9H16BrN3O. The molecule has 1 aromatic rings. The fraction of sp³-hybridized carbons (Fsp3) is 0.667. The normalized spacial score (nSPS) is 11.3. The minimum Gasteiger partial charge on any atom is -0.390 e. The van der Waals surface area contributed by atoms with Crippen LogP contribution in [0.1, 0.15) is 11.4 Å². The molecule has 0 spiro atoms. The molecule has 1 N–H and O–H groups in total. The summed E-state index contributed by atoms with van der Waals surface area (Å²) >= 11 is 3.41. The smallest absolute Gasteiger partial charge is 0.0861 e. The highest BCUT2D eigenvalue weighted by atomic mass is 79.9. The third-order valence-electron chi connectivity index (χ3n) is 2.06. The molecule has 0 saturated carbocycles. The highest BCUT2D eigenvalue weighted by Gasteiger charge is 2.11. The Morgan fingerprint density at radius 2 is 2.14 bits per heavy atom. The van der Waals surface area contributed by atoms with Gasteiger partial charge in [0, 0.05) is 6.54 Å². The Hall–Kier alpha value is -0.390. The van der Waals surface area contributed by atoms with Crippen LogP contribution in [0, 0.1) is 6.92 Å². The summed E-state index contributed by atoms with van der Waals surface area (Å²) in [7, 11) is 4.04. The SMILES string of the molecule is Cc1nn(CCN(C)C)c(CO)c1Br. The molecule has 0 fully saturated rings. The molecule has 0 aliphatic heterocycles. The van der Waals surface area contributed by atoms with E-state index < -0.39 is 0 Å². The van der Waals surface area contributed by atoms with Crippen molar-refractivity contribution < 1.29 is 5.11 Å². The van der Waals surface area contributed by atoms with Crippen LogP contribution in [0.5, 0.6) is 0 Å². The molecule has 1 rings (SSSR count). The molecule has 0 unspecified atom stereocenters. The Bertz CT molecular complexity index is 309. The monoisotopic (exact) mass is 261 g/mol. The molecular weight excluding hydrogens is 246 g/mol. The van der Waals surface area contributed by atoms with Crippen LogP contribution in [0.3, 0.4) is 0 Å². The summed E-state index contributed by atoms with van der Waals surface area (Å²) in [6.45, 7) is 3.67. The van der Waals surface area contributed by atoms with Gasteiger partial charge in [-0.15, -0.1) is 0 Å². The van der Waals surface area contributed by atoms with Crippen molar-refractivity contribution in [1.82, 2.24) is 14.7 Å². The van der Waals surface area contributed by atoms with Crippen molar-refractivity contribution in [3.05, 3.63) is 15.9 Å². The second-order valence-electron chi connectivity index (χ2n) is 3.53. The second-order valence-corrected chi connectivity index (χ2v) is 4.32. The molecule has 1 aromatic heterocycles. The Labute approximate surface area is 92.6 Å². The van der Waals surface area contributed by atoms with Crippen molar-refractivity contribution >= 4 is 15.9 Å².